The molecule has 8 heavy (non-hydrogen) atoms. The van der Waals surface area contributed by atoms with Crippen LogP contribution in [0.4, 0.5) is 0 Å². The third-order valence-electron chi connectivity index (χ3n) is 0.740. The van der Waals surface area contributed by atoms with Gasteiger partial charge in [0.1, 0.15) is 7.85 Å². The van der Waals surface area contributed by atoms with Crippen molar-refractivity contribution in [2.45, 2.75) is 6.32 Å². The van der Waals surface area contributed by atoms with Gasteiger partial charge in [0, 0.05) is 0 Å². The molecule has 0 aromatic rings. The summed E-state index contributed by atoms with van der Waals surface area (Å²) in [6, 6.07) is 0. The van der Waals surface area contributed by atoms with Gasteiger partial charge in [-0.2, -0.15) is 0 Å². The van der Waals surface area contributed by atoms with Crippen molar-refractivity contribution >= 4 is 17.9 Å². The van der Waals surface area contributed by atoms with Crippen molar-refractivity contribution in [3.8, 4) is 0 Å². The second-order valence-corrected chi connectivity index (χ2v) is 6.85. The molecule has 0 rings (SSSR count). The summed E-state index contributed by atoms with van der Waals surface area (Å²) in [6.07, 6.45) is 10.3. The fraction of sp³-hybridized carbons (Fsp3) is 0.667. The Morgan fingerprint density at radius 3 is 2.00 bits per heavy atom. The Labute approximate surface area is 55.1 Å². The normalized spacial score (nSPS) is 14.9. The maximum atomic E-state index is 2.33. The molecule has 48 valence electrons. The number of allylic oxidation sites excluding steroid dienone is 1. The van der Waals surface area contributed by atoms with E-state index in [1.807, 2.05) is 0 Å². The fourth-order valence-electron chi connectivity index (χ4n) is 0.385. The minimum atomic E-state index is -0.367. The van der Waals surface area contributed by atoms with Gasteiger partial charge in [-0.3, -0.25) is 0 Å². The Bertz CT molecular complexity index is 81.0. The van der Waals surface area contributed by atoms with Crippen LogP contribution in [0.3, 0.4) is 0 Å². The average molecular weight is 130 g/mol. The van der Waals surface area contributed by atoms with Gasteiger partial charge in [-0.15, -0.1) is 0 Å². The lowest BCUT2D eigenvalue weighted by molar-refractivity contribution is 1.74. The van der Waals surface area contributed by atoms with Crippen molar-refractivity contribution in [3.05, 3.63) is 11.5 Å². The van der Waals surface area contributed by atoms with Gasteiger partial charge in [0.15, 0.2) is 0 Å². The van der Waals surface area contributed by atoms with E-state index in [1.54, 1.807) is 0 Å². The molecule has 0 radical (unpaired) electrons. The highest BCUT2D eigenvalue weighted by atomic mass is 32.3. The van der Waals surface area contributed by atoms with Crippen LogP contribution in [0.25, 0.3) is 0 Å². The van der Waals surface area contributed by atoms with Gasteiger partial charge in [0.05, 0.1) is 0 Å². The topological polar surface area (TPSA) is 0 Å². The van der Waals surface area contributed by atoms with Gasteiger partial charge in [-0.25, -0.2) is 10.0 Å². The largest absolute Gasteiger partial charge is 0.230 e. The molecule has 2 heteroatoms. The van der Waals surface area contributed by atoms with E-state index >= 15 is 0 Å². The maximum absolute atomic E-state index is 2.33. The summed E-state index contributed by atoms with van der Waals surface area (Å²) >= 11 is 0. The Kier molecular flexibility index (Phi) is 3.30. The Balaban J connectivity index is 3.52. The van der Waals surface area contributed by atoms with Gasteiger partial charge in [-0.05, 0) is 18.8 Å². The molecule has 0 aromatic carbocycles. The lowest BCUT2D eigenvalue weighted by Gasteiger charge is -2.18. The number of hydrogen-bond acceptors (Lipinski definition) is 0. The first-order valence-electron chi connectivity index (χ1n) is 2.91. The Morgan fingerprint density at radius 2 is 1.88 bits per heavy atom. The van der Waals surface area contributed by atoms with E-state index in [-0.39, 0.29) is 10.0 Å². The predicted octanol–water partition coefficient (Wildman–Crippen LogP) is 1.25. The lowest BCUT2D eigenvalue weighted by atomic mass is 10.1. The van der Waals surface area contributed by atoms with E-state index in [9.17, 15) is 0 Å². The molecule has 0 N–H and O–H groups in total. The molecular formula is C6H15BS. The average Bonchev–Trinajstić information content (AvgIpc) is 1.59. The zero-order valence-corrected chi connectivity index (χ0v) is 7.09. The molecule has 0 nitrogen and oxygen atoms in total. The SMILES string of the molecule is BC/C=C/S(C)(C)C. The smallest absolute Gasteiger partial charge is 0.106 e. The molecule has 0 amide bonds. The van der Waals surface area contributed by atoms with Gasteiger partial charge >= 0.3 is 0 Å². The van der Waals surface area contributed by atoms with Crippen LogP contribution in [0.1, 0.15) is 0 Å². The zero-order chi connectivity index (χ0) is 6.62. The third-order valence-corrected chi connectivity index (χ3v) is 1.75. The molecule has 0 heterocycles. The molecule has 0 saturated carbocycles. The second-order valence-electron chi connectivity index (χ2n) is 2.71. The van der Waals surface area contributed by atoms with E-state index in [1.165, 1.54) is 6.32 Å². The van der Waals surface area contributed by atoms with E-state index in [2.05, 4.69) is 38.1 Å². The van der Waals surface area contributed by atoms with Crippen molar-refractivity contribution in [1.82, 2.24) is 0 Å². The Morgan fingerprint density at radius 1 is 1.38 bits per heavy atom. The van der Waals surface area contributed by atoms with E-state index in [0.717, 1.165) is 0 Å². The van der Waals surface area contributed by atoms with Crippen molar-refractivity contribution in [2.75, 3.05) is 18.8 Å². The molecule has 0 atom stereocenters. The highest BCUT2D eigenvalue weighted by Crippen LogP contribution is 2.35. The van der Waals surface area contributed by atoms with Gasteiger partial charge < -0.3 is 0 Å². The second kappa shape index (κ2) is 3.23. The summed E-state index contributed by atoms with van der Waals surface area (Å²) in [5, 5.41) is 2.33. The third kappa shape index (κ3) is 6.15. The summed E-state index contributed by atoms with van der Waals surface area (Å²) in [5.41, 5.74) is 0. The summed E-state index contributed by atoms with van der Waals surface area (Å²) in [6.45, 7) is 0. The van der Waals surface area contributed by atoms with Crippen molar-refractivity contribution in [2.24, 2.45) is 0 Å². The van der Waals surface area contributed by atoms with E-state index in [4.69, 9.17) is 0 Å². The molecular weight excluding hydrogens is 115 g/mol. The summed E-state index contributed by atoms with van der Waals surface area (Å²) in [4.78, 5) is 0. The molecule has 0 aliphatic heterocycles. The quantitative estimate of drug-likeness (QED) is 0.493. The van der Waals surface area contributed by atoms with E-state index < -0.39 is 0 Å². The molecule has 0 fully saturated rings. The van der Waals surface area contributed by atoms with E-state index in [0.29, 0.717) is 0 Å². The number of rotatable bonds is 2. The van der Waals surface area contributed by atoms with Gasteiger partial charge in [0.2, 0.25) is 0 Å². The molecule has 0 unspecified atom stereocenters. The van der Waals surface area contributed by atoms with Crippen LogP contribution < -0.4 is 0 Å². The molecule has 0 saturated heterocycles. The molecule has 0 bridgehead atoms. The molecule has 0 aliphatic carbocycles. The molecule has 0 spiro atoms. The Hall–Kier alpha value is 0.155. The van der Waals surface area contributed by atoms with Crippen LogP contribution in [-0.2, 0) is 0 Å². The standard InChI is InChI=1S/C6H15BS/c1-8(2,3)6-4-5-7/h4,6H,5,7H2,1-3H3/b6-4+. The van der Waals surface area contributed by atoms with Crippen LogP contribution >= 0.6 is 10.0 Å². The highest BCUT2D eigenvalue weighted by Gasteiger charge is 1.93. The minimum absolute atomic E-state index is 0.367. The maximum Gasteiger partial charge on any atom is 0.106 e. The highest BCUT2D eigenvalue weighted by molar-refractivity contribution is 8.34. The summed E-state index contributed by atoms with van der Waals surface area (Å²) in [5.74, 6) is 0. The minimum Gasteiger partial charge on any atom is -0.230 e. The van der Waals surface area contributed by atoms with Crippen molar-refractivity contribution in [1.29, 1.82) is 0 Å². The molecule has 0 aliphatic rings. The first kappa shape index (κ1) is 8.15. The van der Waals surface area contributed by atoms with Gasteiger partial charge in [-0.1, -0.05) is 17.8 Å². The van der Waals surface area contributed by atoms with Crippen LogP contribution in [0.15, 0.2) is 11.5 Å². The van der Waals surface area contributed by atoms with Crippen LogP contribution in [-0.4, -0.2) is 26.6 Å². The summed E-state index contributed by atoms with van der Waals surface area (Å²) < 4.78 is 0. The van der Waals surface area contributed by atoms with Crippen molar-refractivity contribution < 1.29 is 0 Å². The first-order valence-corrected chi connectivity index (χ1v) is 5.83. The first-order chi connectivity index (χ1) is 3.56. The van der Waals surface area contributed by atoms with Crippen LogP contribution in [0, 0.1) is 0 Å². The molecule has 0 aromatic heterocycles. The monoisotopic (exact) mass is 130 g/mol. The van der Waals surface area contributed by atoms with Gasteiger partial charge in [0.25, 0.3) is 0 Å². The zero-order valence-electron chi connectivity index (χ0n) is 6.27. The predicted molar refractivity (Wildman–Crippen MR) is 47.9 cm³/mol. The van der Waals surface area contributed by atoms with Crippen LogP contribution in [0.2, 0.25) is 6.32 Å². The van der Waals surface area contributed by atoms with Crippen molar-refractivity contribution in [3.63, 3.8) is 0 Å². The summed E-state index contributed by atoms with van der Waals surface area (Å²) in [7, 11) is 1.80. The number of hydrogen-bond donors (Lipinski definition) is 0. The fourth-order valence-corrected chi connectivity index (χ4v) is 1.15. The lowest BCUT2D eigenvalue weighted by Crippen LogP contribution is -1.83. The van der Waals surface area contributed by atoms with Crippen LogP contribution in [0.5, 0.6) is 0 Å².